The maximum Gasteiger partial charge on any atom is 0.232 e. The molecule has 0 unspecified atom stereocenters. The number of nitrogens with zero attached hydrogens (tertiary/aromatic N) is 5. The minimum absolute atomic E-state index is 0.235. The highest BCUT2D eigenvalue weighted by atomic mass is 16.1. The van der Waals surface area contributed by atoms with Crippen molar-refractivity contribution in [1.82, 2.24) is 25.0 Å². The van der Waals surface area contributed by atoms with E-state index in [0.29, 0.717) is 16.9 Å². The van der Waals surface area contributed by atoms with Gasteiger partial charge in [0, 0.05) is 7.05 Å². The fourth-order valence-corrected chi connectivity index (χ4v) is 1.69. The Morgan fingerprint density at radius 3 is 2.67 bits per heavy atom. The van der Waals surface area contributed by atoms with Gasteiger partial charge in [-0.2, -0.15) is 0 Å². The molecule has 6 heteroatoms. The minimum Gasteiger partial charge on any atom is -0.285 e. The number of aryl methyl sites for hydroxylation is 1. The van der Waals surface area contributed by atoms with Gasteiger partial charge in [0.15, 0.2) is 0 Å². The summed E-state index contributed by atoms with van der Waals surface area (Å²) in [4.78, 5) is 20.7. The summed E-state index contributed by atoms with van der Waals surface area (Å²) >= 11 is 0. The molecule has 2 aromatic heterocycles. The van der Waals surface area contributed by atoms with Gasteiger partial charge in [0.2, 0.25) is 5.78 Å². The molecule has 0 aliphatic rings. The maximum absolute atomic E-state index is 12.2. The second-order valence-electron chi connectivity index (χ2n) is 3.82. The lowest BCUT2D eigenvalue weighted by atomic mass is 10.2. The minimum atomic E-state index is -0.235. The third-order valence-corrected chi connectivity index (χ3v) is 2.63. The molecule has 0 bridgehead atoms. The van der Waals surface area contributed by atoms with Crippen molar-refractivity contribution in [2.75, 3.05) is 0 Å². The third kappa shape index (κ3) is 1.64. The number of carbonyl (C=O) groups excluding carboxylic acids is 1. The summed E-state index contributed by atoms with van der Waals surface area (Å²) in [5, 5.41) is 7.40. The Kier molecular flexibility index (Phi) is 2.33. The third-order valence-electron chi connectivity index (χ3n) is 2.63. The lowest BCUT2D eigenvalue weighted by Crippen LogP contribution is -2.10. The van der Waals surface area contributed by atoms with Crippen molar-refractivity contribution in [1.29, 1.82) is 0 Å². The van der Waals surface area contributed by atoms with Gasteiger partial charge in [0.05, 0.1) is 23.4 Å². The van der Waals surface area contributed by atoms with Crippen LogP contribution in [0.25, 0.3) is 11.0 Å². The first-order valence-electron chi connectivity index (χ1n) is 5.37. The van der Waals surface area contributed by atoms with E-state index in [1.165, 1.54) is 17.1 Å². The van der Waals surface area contributed by atoms with Gasteiger partial charge in [-0.05, 0) is 12.1 Å². The molecule has 2 heterocycles. The van der Waals surface area contributed by atoms with Crippen molar-refractivity contribution in [3.05, 3.63) is 48.0 Å². The van der Waals surface area contributed by atoms with Crippen LogP contribution in [-0.2, 0) is 7.05 Å². The van der Waals surface area contributed by atoms with Crippen LogP contribution in [0.1, 0.15) is 16.2 Å². The van der Waals surface area contributed by atoms with Gasteiger partial charge in [0.1, 0.15) is 11.4 Å². The molecule has 18 heavy (non-hydrogen) atoms. The molecule has 0 spiro atoms. The van der Waals surface area contributed by atoms with Crippen LogP contribution in [0, 0.1) is 0 Å². The first kappa shape index (κ1) is 10.5. The Balaban J connectivity index is 2.10. The fraction of sp³-hybridized carbons (Fsp3) is 0.0833. The number of fused-ring (bicyclic) bond motifs is 1. The number of para-hydroxylation sites is 2. The molecule has 0 atom stereocenters. The first-order valence-corrected chi connectivity index (χ1v) is 5.37. The van der Waals surface area contributed by atoms with Crippen LogP contribution in [0.15, 0.2) is 36.7 Å². The molecular formula is C12H9N5O. The highest BCUT2D eigenvalue weighted by Crippen LogP contribution is 2.11. The Labute approximate surface area is 102 Å². The van der Waals surface area contributed by atoms with Crippen molar-refractivity contribution in [2.24, 2.45) is 7.05 Å². The summed E-state index contributed by atoms with van der Waals surface area (Å²) in [6.07, 6.45) is 2.89. The second-order valence-corrected chi connectivity index (χ2v) is 3.82. The summed E-state index contributed by atoms with van der Waals surface area (Å²) in [6.45, 7) is 0. The Morgan fingerprint density at radius 2 is 1.94 bits per heavy atom. The molecule has 0 saturated heterocycles. The molecule has 0 saturated carbocycles. The first-order chi connectivity index (χ1) is 8.75. The van der Waals surface area contributed by atoms with Gasteiger partial charge in [-0.15, -0.1) is 5.10 Å². The van der Waals surface area contributed by atoms with E-state index < -0.39 is 0 Å². The van der Waals surface area contributed by atoms with Crippen LogP contribution in [0.4, 0.5) is 0 Å². The molecule has 0 radical (unpaired) electrons. The van der Waals surface area contributed by atoms with Crippen molar-refractivity contribution in [3.8, 4) is 0 Å². The van der Waals surface area contributed by atoms with E-state index in [9.17, 15) is 4.79 Å². The molecule has 1 aromatic carbocycles. The van der Waals surface area contributed by atoms with Crippen molar-refractivity contribution >= 4 is 16.8 Å². The maximum atomic E-state index is 12.2. The summed E-state index contributed by atoms with van der Waals surface area (Å²) < 4.78 is 1.42. The highest BCUT2D eigenvalue weighted by molar-refractivity contribution is 6.06. The number of carbonyl (C=O) groups is 1. The number of hydrogen-bond donors (Lipinski definition) is 0. The number of hydrogen-bond acceptors (Lipinski definition) is 5. The smallest absolute Gasteiger partial charge is 0.232 e. The van der Waals surface area contributed by atoms with Crippen LogP contribution in [0.5, 0.6) is 0 Å². The quantitative estimate of drug-likeness (QED) is 0.623. The molecule has 3 rings (SSSR count). The molecule has 88 valence electrons. The SMILES string of the molecule is Cn1nncc1C(=O)c1cnc2ccccc2n1. The van der Waals surface area contributed by atoms with E-state index in [-0.39, 0.29) is 5.78 Å². The average molecular weight is 239 g/mol. The van der Waals surface area contributed by atoms with Gasteiger partial charge in [-0.25, -0.2) is 9.67 Å². The molecule has 6 nitrogen and oxygen atoms in total. The zero-order valence-corrected chi connectivity index (χ0v) is 9.61. The molecule has 3 aromatic rings. The Morgan fingerprint density at radius 1 is 1.17 bits per heavy atom. The Hall–Kier alpha value is -2.63. The molecule has 0 fully saturated rings. The van der Waals surface area contributed by atoms with Crippen LogP contribution >= 0.6 is 0 Å². The van der Waals surface area contributed by atoms with Gasteiger partial charge < -0.3 is 0 Å². The van der Waals surface area contributed by atoms with Crippen LogP contribution in [-0.4, -0.2) is 30.7 Å². The van der Waals surface area contributed by atoms with Gasteiger partial charge in [-0.1, -0.05) is 17.3 Å². The largest absolute Gasteiger partial charge is 0.285 e. The van der Waals surface area contributed by atoms with Gasteiger partial charge in [-0.3, -0.25) is 9.78 Å². The summed E-state index contributed by atoms with van der Waals surface area (Å²) in [5.41, 5.74) is 2.13. The number of benzene rings is 1. The van der Waals surface area contributed by atoms with Crippen LogP contribution < -0.4 is 0 Å². The van der Waals surface area contributed by atoms with E-state index in [2.05, 4.69) is 20.3 Å². The van der Waals surface area contributed by atoms with Crippen LogP contribution in [0.2, 0.25) is 0 Å². The van der Waals surface area contributed by atoms with Crippen molar-refractivity contribution in [3.63, 3.8) is 0 Å². The normalized spacial score (nSPS) is 10.7. The molecule has 0 aliphatic carbocycles. The van der Waals surface area contributed by atoms with Gasteiger partial charge in [0.25, 0.3) is 0 Å². The fourth-order valence-electron chi connectivity index (χ4n) is 1.69. The molecule has 0 amide bonds. The van der Waals surface area contributed by atoms with E-state index >= 15 is 0 Å². The zero-order valence-electron chi connectivity index (χ0n) is 9.61. The van der Waals surface area contributed by atoms with E-state index in [0.717, 1.165) is 5.52 Å². The highest BCUT2D eigenvalue weighted by Gasteiger charge is 2.15. The monoisotopic (exact) mass is 239 g/mol. The molecular weight excluding hydrogens is 230 g/mol. The standard InChI is InChI=1S/C12H9N5O/c1-17-11(7-14-16-17)12(18)10-6-13-8-4-2-3-5-9(8)15-10/h2-7H,1H3. The van der Waals surface area contributed by atoms with Crippen molar-refractivity contribution < 1.29 is 4.79 Å². The number of rotatable bonds is 2. The predicted molar refractivity (Wildman–Crippen MR) is 64.0 cm³/mol. The van der Waals surface area contributed by atoms with E-state index in [4.69, 9.17) is 0 Å². The average Bonchev–Trinajstić information content (AvgIpc) is 2.83. The lowest BCUT2D eigenvalue weighted by molar-refractivity contribution is 0.102. The number of ketones is 1. The van der Waals surface area contributed by atoms with E-state index in [1.54, 1.807) is 7.05 Å². The molecule has 0 aliphatic heterocycles. The molecule has 0 N–H and O–H groups in total. The zero-order chi connectivity index (χ0) is 12.5. The topological polar surface area (TPSA) is 73.6 Å². The van der Waals surface area contributed by atoms with Gasteiger partial charge >= 0.3 is 0 Å². The van der Waals surface area contributed by atoms with E-state index in [1.807, 2.05) is 24.3 Å². The number of aromatic nitrogens is 5. The second kappa shape index (κ2) is 3.99. The van der Waals surface area contributed by atoms with Crippen LogP contribution in [0.3, 0.4) is 0 Å². The summed E-state index contributed by atoms with van der Waals surface area (Å²) in [7, 11) is 1.66. The summed E-state index contributed by atoms with van der Waals surface area (Å²) in [6, 6.07) is 7.41. The summed E-state index contributed by atoms with van der Waals surface area (Å²) in [5.74, 6) is -0.235. The predicted octanol–water partition coefficient (Wildman–Crippen LogP) is 0.989. The Bertz CT molecular complexity index is 734. The lowest BCUT2D eigenvalue weighted by Gasteiger charge is -2.01. The van der Waals surface area contributed by atoms with Crippen molar-refractivity contribution in [2.45, 2.75) is 0 Å².